The zero-order chi connectivity index (χ0) is 14.7. The molecule has 0 bridgehead atoms. The van der Waals surface area contributed by atoms with Crippen LogP contribution in [0.2, 0.25) is 0 Å². The molecule has 0 atom stereocenters. The summed E-state index contributed by atoms with van der Waals surface area (Å²) in [5.41, 5.74) is 9.08. The highest BCUT2D eigenvalue weighted by molar-refractivity contribution is 9.10. The Kier molecular flexibility index (Phi) is 4.63. The van der Waals surface area contributed by atoms with E-state index in [0.717, 1.165) is 27.7 Å². The van der Waals surface area contributed by atoms with Gasteiger partial charge in [-0.2, -0.15) is 0 Å². The van der Waals surface area contributed by atoms with Crippen LogP contribution in [0.4, 0.5) is 5.88 Å². The molecule has 0 amide bonds. The molecule has 2 aromatic rings. The summed E-state index contributed by atoms with van der Waals surface area (Å²) < 4.78 is 6.33. The van der Waals surface area contributed by atoms with Crippen molar-refractivity contribution in [3.63, 3.8) is 0 Å². The molecule has 3 rings (SSSR count). The highest BCUT2D eigenvalue weighted by Crippen LogP contribution is 2.34. The molecular weight excluding hydrogens is 328 g/mol. The van der Waals surface area contributed by atoms with Crippen LogP contribution in [0, 0.1) is 5.92 Å². The van der Waals surface area contributed by atoms with Crippen LogP contribution in [-0.4, -0.2) is 5.16 Å². The number of aromatic nitrogens is 1. The predicted molar refractivity (Wildman–Crippen MR) is 88.9 cm³/mol. The molecule has 1 saturated carbocycles. The van der Waals surface area contributed by atoms with Crippen LogP contribution < -0.4 is 5.73 Å². The number of benzene rings is 1. The van der Waals surface area contributed by atoms with E-state index in [1.807, 2.05) is 12.1 Å². The van der Waals surface area contributed by atoms with Crippen LogP contribution in [0.1, 0.15) is 44.2 Å². The van der Waals surface area contributed by atoms with Crippen LogP contribution in [0.25, 0.3) is 11.1 Å². The van der Waals surface area contributed by atoms with Crippen LogP contribution in [0.3, 0.4) is 0 Å². The number of halogens is 1. The van der Waals surface area contributed by atoms with Crippen molar-refractivity contribution in [2.24, 2.45) is 5.92 Å². The van der Waals surface area contributed by atoms with Gasteiger partial charge in [0, 0.05) is 4.47 Å². The molecule has 21 heavy (non-hydrogen) atoms. The number of rotatable bonds is 3. The Morgan fingerprint density at radius 3 is 2.43 bits per heavy atom. The monoisotopic (exact) mass is 348 g/mol. The van der Waals surface area contributed by atoms with Crippen molar-refractivity contribution in [3.8, 4) is 11.1 Å². The second-order valence-corrected chi connectivity index (χ2v) is 6.85. The topological polar surface area (TPSA) is 52.0 Å². The lowest BCUT2D eigenvalue weighted by atomic mass is 9.92. The molecule has 1 aromatic carbocycles. The zero-order valence-corrected chi connectivity index (χ0v) is 13.7. The van der Waals surface area contributed by atoms with Crippen molar-refractivity contribution in [1.82, 2.24) is 5.16 Å². The number of hydrogen-bond donors (Lipinski definition) is 1. The molecule has 1 fully saturated rings. The minimum absolute atomic E-state index is 0.431. The molecule has 112 valence electrons. The first-order valence-electron chi connectivity index (χ1n) is 7.74. The predicted octanol–water partition coefficient (Wildman–Crippen LogP) is 5.20. The van der Waals surface area contributed by atoms with E-state index in [4.69, 9.17) is 10.3 Å². The van der Waals surface area contributed by atoms with Crippen molar-refractivity contribution >= 4 is 21.8 Å². The van der Waals surface area contributed by atoms with E-state index in [1.165, 1.54) is 38.5 Å². The van der Waals surface area contributed by atoms with Gasteiger partial charge in [0.2, 0.25) is 5.88 Å². The SMILES string of the molecule is Nc1onc(CC2CCCCCC2)c1-c1ccc(Br)cc1. The third kappa shape index (κ3) is 3.49. The molecule has 1 aliphatic rings. The summed E-state index contributed by atoms with van der Waals surface area (Å²) in [6.45, 7) is 0. The Morgan fingerprint density at radius 1 is 1.10 bits per heavy atom. The maximum absolute atomic E-state index is 6.01. The minimum atomic E-state index is 0.431. The minimum Gasteiger partial charge on any atom is -0.367 e. The molecule has 1 heterocycles. The van der Waals surface area contributed by atoms with E-state index in [2.05, 4.69) is 33.2 Å². The first-order chi connectivity index (χ1) is 10.2. The second kappa shape index (κ2) is 6.65. The maximum Gasteiger partial charge on any atom is 0.230 e. The van der Waals surface area contributed by atoms with Crippen molar-refractivity contribution in [2.45, 2.75) is 44.9 Å². The third-order valence-electron chi connectivity index (χ3n) is 4.38. The molecular formula is C17H21BrN2O. The lowest BCUT2D eigenvalue weighted by molar-refractivity contribution is 0.403. The van der Waals surface area contributed by atoms with Gasteiger partial charge in [0.15, 0.2) is 0 Å². The highest BCUT2D eigenvalue weighted by Gasteiger charge is 2.20. The summed E-state index contributed by atoms with van der Waals surface area (Å²) >= 11 is 3.46. The fourth-order valence-electron chi connectivity index (χ4n) is 3.24. The van der Waals surface area contributed by atoms with Gasteiger partial charge in [-0.1, -0.05) is 71.7 Å². The number of nitrogens with two attached hydrogens (primary N) is 1. The van der Waals surface area contributed by atoms with Gasteiger partial charge in [0.1, 0.15) is 0 Å². The molecule has 0 saturated heterocycles. The van der Waals surface area contributed by atoms with E-state index in [1.54, 1.807) is 0 Å². The van der Waals surface area contributed by atoms with E-state index < -0.39 is 0 Å². The highest BCUT2D eigenvalue weighted by atomic mass is 79.9. The molecule has 0 unspecified atom stereocenters. The smallest absolute Gasteiger partial charge is 0.230 e. The Hall–Kier alpha value is -1.29. The summed E-state index contributed by atoms with van der Waals surface area (Å²) in [6, 6.07) is 8.17. The normalized spacial score (nSPS) is 16.8. The van der Waals surface area contributed by atoms with Gasteiger partial charge < -0.3 is 10.3 Å². The average molecular weight is 349 g/mol. The van der Waals surface area contributed by atoms with Gasteiger partial charge in [-0.25, -0.2) is 0 Å². The van der Waals surface area contributed by atoms with Crippen molar-refractivity contribution in [1.29, 1.82) is 0 Å². The van der Waals surface area contributed by atoms with E-state index >= 15 is 0 Å². The summed E-state index contributed by atoms with van der Waals surface area (Å²) in [4.78, 5) is 0. The maximum atomic E-state index is 6.01. The lowest BCUT2D eigenvalue weighted by Crippen LogP contribution is -2.04. The van der Waals surface area contributed by atoms with Crippen molar-refractivity contribution in [2.75, 3.05) is 5.73 Å². The van der Waals surface area contributed by atoms with E-state index in [9.17, 15) is 0 Å². The Balaban J connectivity index is 1.84. The Labute approximate surface area is 134 Å². The quantitative estimate of drug-likeness (QED) is 0.775. The molecule has 3 nitrogen and oxygen atoms in total. The largest absolute Gasteiger partial charge is 0.367 e. The second-order valence-electron chi connectivity index (χ2n) is 5.94. The number of anilines is 1. The van der Waals surface area contributed by atoms with Gasteiger partial charge in [-0.3, -0.25) is 0 Å². The molecule has 0 spiro atoms. The summed E-state index contributed by atoms with van der Waals surface area (Å²) in [5.74, 6) is 1.15. The molecule has 1 aromatic heterocycles. The first-order valence-corrected chi connectivity index (χ1v) is 8.53. The Bertz CT molecular complexity index is 583. The van der Waals surface area contributed by atoms with Crippen LogP contribution >= 0.6 is 15.9 Å². The van der Waals surface area contributed by atoms with Gasteiger partial charge >= 0.3 is 0 Å². The van der Waals surface area contributed by atoms with Gasteiger partial charge in [0.25, 0.3) is 0 Å². The van der Waals surface area contributed by atoms with Crippen molar-refractivity contribution < 1.29 is 4.52 Å². The standard InChI is InChI=1S/C17H21BrN2O/c18-14-9-7-13(8-10-14)16-15(20-21-17(16)19)11-12-5-3-1-2-4-6-12/h7-10,12H,1-6,11,19H2. The Morgan fingerprint density at radius 2 is 1.76 bits per heavy atom. The first kappa shape index (κ1) is 14.6. The fourth-order valence-corrected chi connectivity index (χ4v) is 3.51. The van der Waals surface area contributed by atoms with E-state index in [0.29, 0.717) is 11.8 Å². The molecule has 0 aliphatic heterocycles. The summed E-state index contributed by atoms with van der Waals surface area (Å²) in [6.07, 6.45) is 9.00. The van der Waals surface area contributed by atoms with Crippen LogP contribution in [0.15, 0.2) is 33.3 Å². The fraction of sp³-hybridized carbons (Fsp3) is 0.471. The summed E-state index contributed by atoms with van der Waals surface area (Å²) in [5, 5.41) is 4.23. The van der Waals surface area contributed by atoms with Crippen LogP contribution in [0.5, 0.6) is 0 Å². The van der Waals surface area contributed by atoms with E-state index in [-0.39, 0.29) is 0 Å². The average Bonchev–Trinajstić information content (AvgIpc) is 2.69. The van der Waals surface area contributed by atoms with Gasteiger partial charge in [0.05, 0.1) is 11.3 Å². The third-order valence-corrected chi connectivity index (χ3v) is 4.91. The lowest BCUT2D eigenvalue weighted by Gasteiger charge is -2.12. The molecule has 2 N–H and O–H groups in total. The van der Waals surface area contributed by atoms with Gasteiger partial charge in [-0.05, 0) is 30.0 Å². The molecule has 0 radical (unpaired) electrons. The van der Waals surface area contributed by atoms with Crippen LogP contribution in [-0.2, 0) is 6.42 Å². The van der Waals surface area contributed by atoms with Gasteiger partial charge in [-0.15, -0.1) is 0 Å². The summed E-state index contributed by atoms with van der Waals surface area (Å²) in [7, 11) is 0. The molecule has 1 aliphatic carbocycles. The number of nitrogen functional groups attached to an aromatic ring is 1. The molecule has 4 heteroatoms. The van der Waals surface area contributed by atoms with Crippen molar-refractivity contribution in [3.05, 3.63) is 34.4 Å². The zero-order valence-electron chi connectivity index (χ0n) is 12.1. The number of nitrogens with zero attached hydrogens (tertiary/aromatic N) is 1. The number of hydrogen-bond acceptors (Lipinski definition) is 3.